The van der Waals surface area contributed by atoms with E-state index in [4.69, 9.17) is 0 Å². The predicted molar refractivity (Wildman–Crippen MR) is 90.0 cm³/mol. The van der Waals surface area contributed by atoms with E-state index in [1.165, 1.54) is 15.4 Å². The summed E-state index contributed by atoms with van der Waals surface area (Å²) in [5.41, 5.74) is 0.905. The maximum atomic E-state index is 12.4. The molecule has 3 rings (SSSR count). The van der Waals surface area contributed by atoms with Crippen LogP contribution in [0.15, 0.2) is 11.1 Å². The van der Waals surface area contributed by atoms with E-state index < -0.39 is 0 Å². The molecule has 7 nitrogen and oxygen atoms in total. The topological polar surface area (TPSA) is 81.3 Å². The van der Waals surface area contributed by atoms with Gasteiger partial charge in [-0.15, -0.1) is 16.4 Å². The second-order valence-electron chi connectivity index (χ2n) is 6.64. The number of hydrogen-bond acceptors (Lipinski definition) is 5. The van der Waals surface area contributed by atoms with Crippen molar-refractivity contribution in [2.45, 2.75) is 46.7 Å². The molecule has 0 atom stereocenters. The van der Waals surface area contributed by atoms with Crippen molar-refractivity contribution in [2.24, 2.45) is 0 Å². The van der Waals surface area contributed by atoms with Crippen LogP contribution in [0.3, 0.4) is 0 Å². The highest BCUT2D eigenvalue weighted by molar-refractivity contribution is 7.18. The number of nitrogens with zero attached hydrogens (tertiary/aromatic N) is 4. The van der Waals surface area contributed by atoms with Gasteiger partial charge < -0.3 is 5.32 Å². The molecule has 122 valence electrons. The Labute approximate surface area is 137 Å². The minimum absolute atomic E-state index is 0.110. The van der Waals surface area contributed by atoms with E-state index in [0.717, 1.165) is 20.7 Å². The Balaban J connectivity index is 2.10. The number of nitrogens with one attached hydrogen (secondary N) is 1. The Kier molecular flexibility index (Phi) is 3.51. The van der Waals surface area contributed by atoms with Gasteiger partial charge in [0.25, 0.3) is 0 Å². The van der Waals surface area contributed by atoms with Crippen molar-refractivity contribution in [2.75, 3.05) is 0 Å². The van der Waals surface area contributed by atoms with Crippen LogP contribution in [0.1, 0.15) is 31.2 Å². The van der Waals surface area contributed by atoms with Crippen LogP contribution in [0.5, 0.6) is 0 Å². The maximum Gasteiger partial charge on any atom is 0.352 e. The lowest BCUT2D eigenvalue weighted by Gasteiger charge is -2.20. The van der Waals surface area contributed by atoms with Crippen LogP contribution in [-0.4, -0.2) is 30.6 Å². The van der Waals surface area contributed by atoms with E-state index in [9.17, 15) is 9.59 Å². The first-order chi connectivity index (χ1) is 10.7. The lowest BCUT2D eigenvalue weighted by molar-refractivity contribution is -0.123. The Bertz CT molecular complexity index is 974. The monoisotopic (exact) mass is 333 g/mol. The average molecular weight is 333 g/mol. The van der Waals surface area contributed by atoms with Gasteiger partial charge >= 0.3 is 5.69 Å². The third-order valence-electron chi connectivity index (χ3n) is 3.56. The summed E-state index contributed by atoms with van der Waals surface area (Å²) in [5.74, 6) is -0.245. The SMILES string of the molecule is Cc1sc2ncn3c(=O)n(CC(=O)NC(C)(C)C)nc3c2c1C. The molecular formula is C15H19N5O2S. The summed E-state index contributed by atoms with van der Waals surface area (Å²) in [7, 11) is 0. The molecule has 0 aliphatic heterocycles. The van der Waals surface area contributed by atoms with Gasteiger partial charge in [-0.05, 0) is 40.2 Å². The molecule has 3 aromatic rings. The van der Waals surface area contributed by atoms with Crippen molar-refractivity contribution in [3.63, 3.8) is 0 Å². The number of thiophene rings is 1. The van der Waals surface area contributed by atoms with Crippen molar-refractivity contribution in [1.29, 1.82) is 0 Å². The molecule has 0 aliphatic rings. The highest BCUT2D eigenvalue weighted by Crippen LogP contribution is 2.30. The molecule has 8 heteroatoms. The first kappa shape index (κ1) is 15.7. The Hall–Kier alpha value is -2.22. The molecule has 23 heavy (non-hydrogen) atoms. The number of hydrogen-bond donors (Lipinski definition) is 1. The van der Waals surface area contributed by atoms with E-state index in [1.54, 1.807) is 11.3 Å². The molecule has 1 N–H and O–H groups in total. The number of carbonyl (C=O) groups is 1. The summed E-state index contributed by atoms with van der Waals surface area (Å²) >= 11 is 1.58. The molecule has 0 aromatic carbocycles. The zero-order valence-corrected chi connectivity index (χ0v) is 14.6. The summed E-state index contributed by atoms with van der Waals surface area (Å²) in [4.78, 5) is 30.8. The largest absolute Gasteiger partial charge is 0.352 e. The van der Waals surface area contributed by atoms with Crippen LogP contribution < -0.4 is 11.0 Å². The third-order valence-corrected chi connectivity index (χ3v) is 4.67. The highest BCUT2D eigenvalue weighted by Gasteiger charge is 2.19. The fraction of sp³-hybridized carbons (Fsp3) is 0.467. The van der Waals surface area contributed by atoms with Gasteiger partial charge in [-0.1, -0.05) is 0 Å². The summed E-state index contributed by atoms with van der Waals surface area (Å²) in [6, 6.07) is 0. The standard InChI is InChI=1S/C15H19N5O2S/c1-8-9(2)23-13-11(8)12-18-20(14(22)19(12)7-16-13)6-10(21)17-15(3,4)5/h7H,6H2,1-5H3,(H,17,21). The van der Waals surface area contributed by atoms with E-state index in [-0.39, 0.29) is 23.7 Å². The molecule has 0 saturated heterocycles. The van der Waals surface area contributed by atoms with Crippen LogP contribution in [0.2, 0.25) is 0 Å². The van der Waals surface area contributed by atoms with Gasteiger partial charge in [0, 0.05) is 10.4 Å². The van der Waals surface area contributed by atoms with Crippen molar-refractivity contribution in [1.82, 2.24) is 24.5 Å². The second kappa shape index (κ2) is 5.16. The first-order valence-electron chi connectivity index (χ1n) is 7.32. The molecule has 0 aliphatic carbocycles. The number of aryl methyl sites for hydroxylation is 2. The minimum atomic E-state index is -0.360. The molecule has 0 unspecified atom stereocenters. The van der Waals surface area contributed by atoms with Crippen LogP contribution in [0.25, 0.3) is 15.9 Å². The maximum absolute atomic E-state index is 12.4. The molecule has 0 saturated carbocycles. The van der Waals surface area contributed by atoms with Crippen molar-refractivity contribution in [3.05, 3.63) is 27.3 Å². The Morgan fingerprint density at radius 2 is 2.04 bits per heavy atom. The normalized spacial score (nSPS) is 12.2. The summed E-state index contributed by atoms with van der Waals surface area (Å²) in [6.07, 6.45) is 1.47. The smallest absolute Gasteiger partial charge is 0.350 e. The molecule has 0 radical (unpaired) electrons. The number of amides is 1. The minimum Gasteiger partial charge on any atom is -0.350 e. The van der Waals surface area contributed by atoms with E-state index >= 15 is 0 Å². The van der Waals surface area contributed by atoms with E-state index in [1.807, 2.05) is 34.6 Å². The number of carbonyl (C=O) groups excluding carboxylic acids is 1. The number of fused-ring (bicyclic) bond motifs is 3. The Morgan fingerprint density at radius 3 is 2.70 bits per heavy atom. The zero-order chi connectivity index (χ0) is 16.9. The zero-order valence-electron chi connectivity index (χ0n) is 13.8. The molecule has 0 bridgehead atoms. The van der Waals surface area contributed by atoms with Crippen molar-refractivity contribution >= 4 is 33.1 Å². The lowest BCUT2D eigenvalue weighted by Crippen LogP contribution is -2.43. The molecular weight excluding hydrogens is 314 g/mol. The van der Waals surface area contributed by atoms with Gasteiger partial charge in [-0.25, -0.2) is 18.9 Å². The molecule has 3 heterocycles. The summed E-state index contributed by atoms with van der Waals surface area (Å²) in [5, 5.41) is 8.06. The predicted octanol–water partition coefficient (Wildman–Crippen LogP) is 1.64. The van der Waals surface area contributed by atoms with Gasteiger partial charge in [-0.2, -0.15) is 0 Å². The van der Waals surface area contributed by atoms with Gasteiger partial charge in [0.15, 0.2) is 5.65 Å². The molecule has 0 spiro atoms. The van der Waals surface area contributed by atoms with Crippen molar-refractivity contribution < 1.29 is 4.79 Å². The van der Waals surface area contributed by atoms with Gasteiger partial charge in [0.1, 0.15) is 17.7 Å². The van der Waals surface area contributed by atoms with E-state index in [2.05, 4.69) is 15.4 Å². The second-order valence-corrected chi connectivity index (χ2v) is 7.84. The lowest BCUT2D eigenvalue weighted by atomic mass is 10.1. The van der Waals surface area contributed by atoms with Gasteiger partial charge in [-0.3, -0.25) is 4.79 Å². The molecule has 1 amide bonds. The first-order valence-corrected chi connectivity index (χ1v) is 8.14. The van der Waals surface area contributed by atoms with Crippen LogP contribution in [0.4, 0.5) is 0 Å². The fourth-order valence-corrected chi connectivity index (χ4v) is 3.46. The highest BCUT2D eigenvalue weighted by atomic mass is 32.1. The van der Waals surface area contributed by atoms with Crippen LogP contribution in [-0.2, 0) is 11.3 Å². The van der Waals surface area contributed by atoms with E-state index in [0.29, 0.717) is 5.65 Å². The van der Waals surface area contributed by atoms with Gasteiger partial charge in [0.2, 0.25) is 5.91 Å². The quantitative estimate of drug-likeness (QED) is 0.773. The summed E-state index contributed by atoms with van der Waals surface area (Å²) in [6.45, 7) is 9.57. The summed E-state index contributed by atoms with van der Waals surface area (Å²) < 4.78 is 2.58. The fourth-order valence-electron chi connectivity index (χ4n) is 2.47. The molecule has 3 aromatic heterocycles. The van der Waals surface area contributed by atoms with Crippen molar-refractivity contribution in [3.8, 4) is 0 Å². The number of rotatable bonds is 2. The Morgan fingerprint density at radius 1 is 1.35 bits per heavy atom. The number of aromatic nitrogens is 4. The van der Waals surface area contributed by atoms with Gasteiger partial charge in [0.05, 0.1) is 5.39 Å². The van der Waals surface area contributed by atoms with Crippen LogP contribution in [0, 0.1) is 13.8 Å². The van der Waals surface area contributed by atoms with Crippen LogP contribution >= 0.6 is 11.3 Å². The average Bonchev–Trinajstić information content (AvgIpc) is 2.87. The molecule has 0 fully saturated rings. The third kappa shape index (κ3) is 2.74.